The van der Waals surface area contributed by atoms with Crippen LogP contribution in [0.4, 0.5) is 24.5 Å². The lowest BCUT2D eigenvalue weighted by Crippen LogP contribution is -2.40. The summed E-state index contributed by atoms with van der Waals surface area (Å²) in [6.45, 7) is 8.23. The summed E-state index contributed by atoms with van der Waals surface area (Å²) in [5, 5.41) is 1.13. The third-order valence-corrected chi connectivity index (χ3v) is 9.00. The molecule has 0 amide bonds. The molecule has 37 heavy (non-hydrogen) atoms. The number of alkyl halides is 3. The molecule has 0 radical (unpaired) electrons. The van der Waals surface area contributed by atoms with E-state index in [0.29, 0.717) is 25.4 Å². The van der Waals surface area contributed by atoms with Gasteiger partial charge in [0.2, 0.25) is 0 Å². The number of rotatable bonds is 5. The van der Waals surface area contributed by atoms with Crippen LogP contribution in [0, 0.1) is 0 Å². The van der Waals surface area contributed by atoms with Crippen LogP contribution >= 0.6 is 0 Å². The van der Waals surface area contributed by atoms with Gasteiger partial charge in [0.25, 0.3) is 9.84 Å². The number of benzene rings is 2. The van der Waals surface area contributed by atoms with Gasteiger partial charge >= 0.3 is 5.51 Å². The van der Waals surface area contributed by atoms with Gasteiger partial charge < -0.3 is 9.80 Å². The Bertz CT molecular complexity index is 1390. The van der Waals surface area contributed by atoms with E-state index in [4.69, 9.17) is 4.98 Å². The Kier molecular flexibility index (Phi) is 6.60. The van der Waals surface area contributed by atoms with Crippen molar-refractivity contribution >= 4 is 32.1 Å². The number of sulfone groups is 1. The van der Waals surface area contributed by atoms with Crippen molar-refractivity contribution in [2.75, 3.05) is 36.1 Å². The van der Waals surface area contributed by atoms with Crippen LogP contribution in [0.25, 0.3) is 10.9 Å². The van der Waals surface area contributed by atoms with Gasteiger partial charge in [0.15, 0.2) is 0 Å². The van der Waals surface area contributed by atoms with Crippen LogP contribution in [0.2, 0.25) is 0 Å². The highest BCUT2D eigenvalue weighted by Gasteiger charge is 2.47. The van der Waals surface area contributed by atoms with Crippen molar-refractivity contribution < 1.29 is 21.6 Å². The monoisotopic (exact) mass is 532 g/mol. The molecular formula is C27H31F3N4O2S. The number of halogens is 3. The van der Waals surface area contributed by atoms with E-state index in [-0.39, 0.29) is 5.54 Å². The summed E-state index contributed by atoms with van der Waals surface area (Å²) in [5.41, 5.74) is -1.51. The molecule has 0 atom stereocenters. The molecule has 198 valence electrons. The molecule has 0 unspecified atom stereocenters. The fraction of sp³-hybridized carbons (Fsp3) is 0.444. The van der Waals surface area contributed by atoms with E-state index >= 15 is 0 Å². The Labute approximate surface area is 215 Å². The molecule has 10 heteroatoms. The first-order valence-electron chi connectivity index (χ1n) is 12.5. The molecule has 2 fully saturated rings. The molecule has 2 aromatic carbocycles. The van der Waals surface area contributed by atoms with Crippen molar-refractivity contribution in [2.45, 2.75) is 55.6 Å². The quantitative estimate of drug-likeness (QED) is 0.428. The molecule has 2 aliphatic heterocycles. The third-order valence-electron chi connectivity index (χ3n) is 7.50. The highest BCUT2D eigenvalue weighted by Crippen LogP contribution is 2.36. The summed E-state index contributed by atoms with van der Waals surface area (Å²) in [4.78, 5) is 10.9. The zero-order chi connectivity index (χ0) is 26.4. The number of aromatic nitrogens is 1. The Morgan fingerprint density at radius 1 is 0.946 bits per heavy atom. The first kappa shape index (κ1) is 25.8. The second kappa shape index (κ2) is 9.47. The van der Waals surface area contributed by atoms with Gasteiger partial charge in [-0.3, -0.25) is 9.88 Å². The van der Waals surface area contributed by atoms with Crippen molar-refractivity contribution in [2.24, 2.45) is 0 Å². The number of hydrogen-bond donors (Lipinski definition) is 0. The third kappa shape index (κ3) is 4.88. The number of para-hydroxylation sites is 1. The van der Waals surface area contributed by atoms with E-state index in [1.165, 1.54) is 24.1 Å². The van der Waals surface area contributed by atoms with Crippen LogP contribution < -0.4 is 9.80 Å². The van der Waals surface area contributed by atoms with Gasteiger partial charge in [-0.2, -0.15) is 13.2 Å². The number of fused-ring (bicyclic) bond motifs is 1. The lowest BCUT2D eigenvalue weighted by atomic mass is 10.0. The molecule has 0 bridgehead atoms. The Hall–Kier alpha value is -2.85. The molecule has 0 N–H and O–H groups in total. The zero-order valence-electron chi connectivity index (χ0n) is 21.0. The van der Waals surface area contributed by atoms with Gasteiger partial charge in [0.05, 0.1) is 29.0 Å². The normalized spacial score (nSPS) is 19.1. The highest BCUT2D eigenvalue weighted by atomic mass is 32.2. The average molecular weight is 533 g/mol. The standard InChI is InChI=1S/C27H31F3N4O2S/c1-26(2)18-33(20-10-12-21(13-11-20)37(35,36)27(28,29)30)19-34(26)17-23-22-8-4-5-9-24(22)31-16-25(23)32-14-6-3-7-15-32/h4-5,8-13,16H,3,6-7,14-15,17-19H2,1-2H3. The molecule has 5 rings (SSSR count). The molecule has 6 nitrogen and oxygen atoms in total. The summed E-state index contributed by atoms with van der Waals surface area (Å²) in [5.74, 6) is 0. The molecule has 1 aromatic heterocycles. The smallest absolute Gasteiger partial charge is 0.370 e. The molecule has 2 aliphatic rings. The van der Waals surface area contributed by atoms with E-state index in [0.717, 1.165) is 54.7 Å². The van der Waals surface area contributed by atoms with E-state index in [9.17, 15) is 21.6 Å². The number of hydrogen-bond acceptors (Lipinski definition) is 6. The van der Waals surface area contributed by atoms with Gasteiger partial charge in [0.1, 0.15) is 0 Å². The molecule has 0 saturated carbocycles. The second-order valence-corrected chi connectivity index (χ2v) is 12.4. The van der Waals surface area contributed by atoms with Crippen molar-refractivity contribution in [3.8, 4) is 0 Å². The number of pyridine rings is 1. The topological polar surface area (TPSA) is 56.8 Å². The van der Waals surface area contributed by atoms with Crippen molar-refractivity contribution in [1.82, 2.24) is 9.88 Å². The summed E-state index contributed by atoms with van der Waals surface area (Å²) < 4.78 is 62.4. The average Bonchev–Trinajstić information content (AvgIpc) is 3.18. The van der Waals surface area contributed by atoms with Gasteiger partial charge in [-0.05, 0) is 63.4 Å². The largest absolute Gasteiger partial charge is 0.501 e. The van der Waals surface area contributed by atoms with Crippen LogP contribution in [-0.4, -0.2) is 55.7 Å². The number of piperidine rings is 1. The number of nitrogens with zero attached hydrogens (tertiary/aromatic N) is 4. The minimum absolute atomic E-state index is 0.222. The SMILES string of the molecule is CC1(C)CN(c2ccc(S(=O)(=O)C(F)(F)F)cc2)CN1Cc1c(N2CCCCC2)cnc2ccccc12. The number of anilines is 2. The van der Waals surface area contributed by atoms with Crippen molar-refractivity contribution in [1.29, 1.82) is 0 Å². The minimum Gasteiger partial charge on any atom is -0.370 e. The van der Waals surface area contributed by atoms with E-state index in [1.807, 2.05) is 24.4 Å². The summed E-state index contributed by atoms with van der Waals surface area (Å²) in [6.07, 6.45) is 5.55. The van der Waals surface area contributed by atoms with Gasteiger partial charge in [-0.15, -0.1) is 0 Å². The zero-order valence-corrected chi connectivity index (χ0v) is 21.8. The molecule has 3 aromatic rings. The highest BCUT2D eigenvalue weighted by molar-refractivity contribution is 7.92. The molecule has 0 aliphatic carbocycles. The molecule has 3 heterocycles. The Balaban J connectivity index is 1.43. The molecule has 2 saturated heterocycles. The van der Waals surface area contributed by atoms with Crippen LogP contribution in [0.15, 0.2) is 59.6 Å². The first-order valence-corrected chi connectivity index (χ1v) is 14.0. The van der Waals surface area contributed by atoms with E-state index < -0.39 is 20.2 Å². The van der Waals surface area contributed by atoms with Crippen LogP contribution in [0.5, 0.6) is 0 Å². The second-order valence-electron chi connectivity index (χ2n) is 10.5. The Morgan fingerprint density at radius 2 is 1.62 bits per heavy atom. The maximum absolute atomic E-state index is 12.9. The fourth-order valence-electron chi connectivity index (χ4n) is 5.37. The van der Waals surface area contributed by atoms with E-state index in [1.54, 1.807) is 0 Å². The lowest BCUT2D eigenvalue weighted by Gasteiger charge is -2.34. The van der Waals surface area contributed by atoms with Crippen LogP contribution in [-0.2, 0) is 16.4 Å². The van der Waals surface area contributed by atoms with Gasteiger partial charge in [-0.1, -0.05) is 18.2 Å². The summed E-state index contributed by atoms with van der Waals surface area (Å²) in [7, 11) is -5.37. The molecule has 0 spiro atoms. The first-order chi connectivity index (χ1) is 17.5. The summed E-state index contributed by atoms with van der Waals surface area (Å²) >= 11 is 0. The van der Waals surface area contributed by atoms with Crippen molar-refractivity contribution in [3.05, 3.63) is 60.3 Å². The lowest BCUT2D eigenvalue weighted by molar-refractivity contribution is -0.0436. The summed E-state index contributed by atoms with van der Waals surface area (Å²) in [6, 6.07) is 13.2. The predicted octanol–water partition coefficient (Wildman–Crippen LogP) is 5.58. The van der Waals surface area contributed by atoms with Gasteiger partial charge in [-0.25, -0.2) is 8.42 Å². The predicted molar refractivity (Wildman–Crippen MR) is 139 cm³/mol. The molecular weight excluding hydrogens is 501 g/mol. The maximum Gasteiger partial charge on any atom is 0.501 e. The van der Waals surface area contributed by atoms with Crippen molar-refractivity contribution in [3.63, 3.8) is 0 Å². The Morgan fingerprint density at radius 3 is 2.30 bits per heavy atom. The van der Waals surface area contributed by atoms with E-state index in [2.05, 4.69) is 34.6 Å². The van der Waals surface area contributed by atoms with Crippen LogP contribution in [0.1, 0.15) is 38.7 Å². The van der Waals surface area contributed by atoms with Gasteiger partial charge in [0, 0.05) is 48.4 Å². The fourth-order valence-corrected chi connectivity index (χ4v) is 6.14. The minimum atomic E-state index is -5.37. The maximum atomic E-state index is 12.9. The van der Waals surface area contributed by atoms with Crippen LogP contribution in [0.3, 0.4) is 0 Å².